The van der Waals surface area contributed by atoms with Gasteiger partial charge in [-0.25, -0.2) is 0 Å². The highest BCUT2D eigenvalue weighted by atomic mass is 32.1. The molecular formula is C12H20N2OS. The molecule has 0 spiro atoms. The Kier molecular flexibility index (Phi) is 4.35. The summed E-state index contributed by atoms with van der Waals surface area (Å²) in [4.78, 5) is 3.94. The van der Waals surface area contributed by atoms with Crippen LogP contribution in [0.4, 0.5) is 0 Å². The number of methoxy groups -OCH3 is 1. The third kappa shape index (κ3) is 3.28. The van der Waals surface area contributed by atoms with Gasteiger partial charge in [-0.3, -0.25) is 4.90 Å². The van der Waals surface area contributed by atoms with Crippen molar-refractivity contribution in [2.75, 3.05) is 20.2 Å². The van der Waals surface area contributed by atoms with Crippen molar-refractivity contribution in [3.63, 3.8) is 0 Å². The number of nitrogens with two attached hydrogens (primary N) is 1. The summed E-state index contributed by atoms with van der Waals surface area (Å²) in [6, 6.07) is 5.07. The maximum Gasteiger partial charge on any atom is 0.0820 e. The second kappa shape index (κ2) is 5.77. The molecule has 1 saturated carbocycles. The highest BCUT2D eigenvalue weighted by molar-refractivity contribution is 7.09. The standard InChI is InChI=1S/C12H20N2OS/c1-15-11(7-13)8-14(10-4-5-10)9-12-3-2-6-16-12/h2-3,6,10-11H,4-5,7-9,13H2,1H3. The normalized spacial score (nSPS) is 17.9. The zero-order valence-corrected chi connectivity index (χ0v) is 10.6. The largest absolute Gasteiger partial charge is 0.379 e. The van der Waals surface area contributed by atoms with Crippen molar-refractivity contribution in [3.8, 4) is 0 Å². The topological polar surface area (TPSA) is 38.5 Å². The second-order valence-electron chi connectivity index (χ2n) is 4.33. The molecule has 1 fully saturated rings. The van der Waals surface area contributed by atoms with Crippen molar-refractivity contribution >= 4 is 11.3 Å². The molecule has 0 radical (unpaired) electrons. The van der Waals surface area contributed by atoms with Crippen LogP contribution in [0.15, 0.2) is 17.5 Å². The van der Waals surface area contributed by atoms with Gasteiger partial charge in [-0.15, -0.1) is 11.3 Å². The molecule has 1 heterocycles. The maximum atomic E-state index is 5.68. The molecule has 0 bridgehead atoms. The van der Waals surface area contributed by atoms with Crippen molar-refractivity contribution < 1.29 is 4.74 Å². The van der Waals surface area contributed by atoms with Crippen LogP contribution in [-0.2, 0) is 11.3 Å². The summed E-state index contributed by atoms with van der Waals surface area (Å²) >= 11 is 1.82. The zero-order valence-electron chi connectivity index (χ0n) is 9.76. The van der Waals surface area contributed by atoms with Crippen LogP contribution in [0.2, 0.25) is 0 Å². The van der Waals surface area contributed by atoms with Crippen LogP contribution in [-0.4, -0.2) is 37.2 Å². The molecular weight excluding hydrogens is 220 g/mol. The third-order valence-electron chi connectivity index (χ3n) is 3.04. The summed E-state index contributed by atoms with van der Waals surface area (Å²) in [5.41, 5.74) is 5.68. The number of nitrogens with zero attached hydrogens (tertiary/aromatic N) is 1. The molecule has 16 heavy (non-hydrogen) atoms. The van der Waals surface area contributed by atoms with Crippen molar-refractivity contribution in [2.45, 2.75) is 31.5 Å². The molecule has 3 nitrogen and oxygen atoms in total. The van der Waals surface area contributed by atoms with E-state index in [0.29, 0.717) is 6.54 Å². The van der Waals surface area contributed by atoms with Crippen LogP contribution >= 0.6 is 11.3 Å². The highest BCUT2D eigenvalue weighted by Gasteiger charge is 2.30. The van der Waals surface area contributed by atoms with Crippen LogP contribution in [0.1, 0.15) is 17.7 Å². The van der Waals surface area contributed by atoms with Crippen LogP contribution in [0.3, 0.4) is 0 Å². The van der Waals surface area contributed by atoms with E-state index < -0.39 is 0 Å². The van der Waals surface area contributed by atoms with E-state index in [1.54, 1.807) is 7.11 Å². The first-order chi connectivity index (χ1) is 7.83. The summed E-state index contributed by atoms with van der Waals surface area (Å²) < 4.78 is 5.36. The number of hydrogen-bond acceptors (Lipinski definition) is 4. The fourth-order valence-corrected chi connectivity index (χ4v) is 2.62. The maximum absolute atomic E-state index is 5.68. The molecule has 0 aromatic carbocycles. The molecule has 0 saturated heterocycles. The molecule has 2 N–H and O–H groups in total. The van der Waals surface area contributed by atoms with E-state index in [9.17, 15) is 0 Å². The Bertz CT molecular complexity index is 294. The molecule has 1 aromatic rings. The minimum absolute atomic E-state index is 0.167. The minimum Gasteiger partial charge on any atom is -0.379 e. The fourth-order valence-electron chi connectivity index (χ4n) is 1.89. The van der Waals surface area contributed by atoms with Crippen LogP contribution in [0.5, 0.6) is 0 Å². The van der Waals surface area contributed by atoms with Crippen LogP contribution in [0, 0.1) is 0 Å². The molecule has 2 rings (SSSR count). The molecule has 0 aliphatic heterocycles. The van der Waals surface area contributed by atoms with Gasteiger partial charge in [-0.05, 0) is 24.3 Å². The second-order valence-corrected chi connectivity index (χ2v) is 5.37. The van der Waals surface area contributed by atoms with E-state index in [0.717, 1.165) is 19.1 Å². The van der Waals surface area contributed by atoms with Gasteiger partial charge in [0.2, 0.25) is 0 Å². The molecule has 1 atom stereocenters. The molecule has 1 aromatic heterocycles. The number of rotatable bonds is 7. The van der Waals surface area contributed by atoms with Gasteiger partial charge in [0, 0.05) is 37.7 Å². The predicted octanol–water partition coefficient (Wildman–Crippen LogP) is 1.69. The van der Waals surface area contributed by atoms with E-state index >= 15 is 0 Å². The van der Waals surface area contributed by atoms with Gasteiger partial charge in [0.05, 0.1) is 6.10 Å². The van der Waals surface area contributed by atoms with Gasteiger partial charge in [0.15, 0.2) is 0 Å². The van der Waals surface area contributed by atoms with Crippen molar-refractivity contribution in [1.82, 2.24) is 4.90 Å². The lowest BCUT2D eigenvalue weighted by molar-refractivity contribution is 0.0646. The monoisotopic (exact) mass is 240 g/mol. The molecule has 1 unspecified atom stereocenters. The smallest absolute Gasteiger partial charge is 0.0820 e. The Morgan fingerprint density at radius 2 is 2.44 bits per heavy atom. The lowest BCUT2D eigenvalue weighted by atomic mass is 10.3. The summed E-state index contributed by atoms with van der Waals surface area (Å²) in [6.45, 7) is 2.60. The molecule has 4 heteroatoms. The first-order valence-corrected chi connectivity index (χ1v) is 6.70. The fraction of sp³-hybridized carbons (Fsp3) is 0.667. The predicted molar refractivity (Wildman–Crippen MR) is 67.6 cm³/mol. The van der Waals surface area contributed by atoms with Crippen LogP contribution < -0.4 is 5.73 Å². The Hall–Kier alpha value is -0.420. The Morgan fingerprint density at radius 1 is 1.62 bits per heavy atom. The van der Waals surface area contributed by atoms with E-state index in [1.807, 2.05) is 11.3 Å². The van der Waals surface area contributed by atoms with Crippen molar-refractivity contribution in [2.24, 2.45) is 5.73 Å². The first-order valence-electron chi connectivity index (χ1n) is 5.82. The average Bonchev–Trinajstić information content (AvgIpc) is 3.03. The molecule has 1 aliphatic carbocycles. The van der Waals surface area contributed by atoms with Crippen molar-refractivity contribution in [3.05, 3.63) is 22.4 Å². The van der Waals surface area contributed by atoms with Crippen molar-refractivity contribution in [1.29, 1.82) is 0 Å². The average molecular weight is 240 g/mol. The number of ether oxygens (including phenoxy) is 1. The van der Waals surface area contributed by atoms with Crippen LogP contribution in [0.25, 0.3) is 0 Å². The van der Waals surface area contributed by atoms with E-state index in [-0.39, 0.29) is 6.10 Å². The zero-order chi connectivity index (χ0) is 11.4. The Balaban J connectivity index is 1.89. The first kappa shape index (κ1) is 12.0. The van der Waals surface area contributed by atoms with Gasteiger partial charge in [0.1, 0.15) is 0 Å². The summed E-state index contributed by atoms with van der Waals surface area (Å²) in [5.74, 6) is 0. The molecule has 90 valence electrons. The summed E-state index contributed by atoms with van der Waals surface area (Å²) in [7, 11) is 1.74. The third-order valence-corrected chi connectivity index (χ3v) is 3.90. The summed E-state index contributed by atoms with van der Waals surface area (Å²) in [5, 5.41) is 2.14. The SMILES string of the molecule is COC(CN)CN(Cc1cccs1)C1CC1. The van der Waals surface area contributed by atoms with Gasteiger partial charge < -0.3 is 10.5 Å². The number of thiophene rings is 1. The quantitative estimate of drug-likeness (QED) is 0.788. The van der Waals surface area contributed by atoms with Gasteiger partial charge in [0.25, 0.3) is 0 Å². The lowest BCUT2D eigenvalue weighted by Gasteiger charge is -2.25. The number of hydrogen-bond donors (Lipinski definition) is 1. The van der Waals surface area contributed by atoms with E-state index in [1.165, 1.54) is 17.7 Å². The van der Waals surface area contributed by atoms with E-state index in [2.05, 4.69) is 22.4 Å². The van der Waals surface area contributed by atoms with Gasteiger partial charge >= 0.3 is 0 Å². The van der Waals surface area contributed by atoms with E-state index in [4.69, 9.17) is 10.5 Å². The van der Waals surface area contributed by atoms with Gasteiger partial charge in [-0.1, -0.05) is 6.07 Å². The Labute approximate surface area is 101 Å². The Morgan fingerprint density at radius 3 is 2.94 bits per heavy atom. The molecule has 0 amide bonds. The lowest BCUT2D eigenvalue weighted by Crippen LogP contribution is -2.38. The molecule has 1 aliphatic rings. The van der Waals surface area contributed by atoms with Gasteiger partial charge in [-0.2, -0.15) is 0 Å². The highest BCUT2D eigenvalue weighted by Crippen LogP contribution is 2.29. The minimum atomic E-state index is 0.167. The summed E-state index contributed by atoms with van der Waals surface area (Å²) in [6.07, 6.45) is 2.82.